The zero-order chi connectivity index (χ0) is 19.1. The minimum Gasteiger partial charge on any atom is -0.308 e. The van der Waals surface area contributed by atoms with Crippen LogP contribution in [0.25, 0.3) is 59.4 Å². The summed E-state index contributed by atoms with van der Waals surface area (Å²) in [7, 11) is 0. The molecule has 0 fully saturated rings. The Balaban J connectivity index is 1.85. The van der Waals surface area contributed by atoms with Crippen LogP contribution >= 0.6 is 11.3 Å². The van der Waals surface area contributed by atoms with Gasteiger partial charge in [0.15, 0.2) is 0 Å². The second kappa shape index (κ2) is 5.34. The molecule has 0 radical (unpaired) electrons. The van der Waals surface area contributed by atoms with E-state index in [4.69, 9.17) is 4.98 Å². The van der Waals surface area contributed by atoms with Crippen LogP contribution in [0.1, 0.15) is 4.88 Å². The van der Waals surface area contributed by atoms with Gasteiger partial charge in [-0.3, -0.25) is 4.98 Å². The van der Waals surface area contributed by atoms with Crippen molar-refractivity contribution in [3.63, 3.8) is 0 Å². The summed E-state index contributed by atoms with van der Waals surface area (Å²) in [5, 5.41) is 6.68. The van der Waals surface area contributed by atoms with Crippen LogP contribution in [0.5, 0.6) is 0 Å². The average Bonchev–Trinajstić information content (AvgIpc) is 3.39. The highest BCUT2D eigenvalue weighted by Gasteiger charge is 2.23. The lowest BCUT2D eigenvalue weighted by molar-refractivity contribution is 1.33. The molecule has 0 aliphatic rings. The van der Waals surface area contributed by atoms with Gasteiger partial charge in [-0.1, -0.05) is 42.5 Å². The molecular weight excluding hydrogens is 372 g/mol. The van der Waals surface area contributed by atoms with E-state index in [-0.39, 0.29) is 0 Å². The van der Waals surface area contributed by atoms with Gasteiger partial charge in [0.1, 0.15) is 0 Å². The van der Waals surface area contributed by atoms with E-state index in [9.17, 15) is 0 Å². The van der Waals surface area contributed by atoms with E-state index in [1.807, 2.05) is 23.6 Å². The third-order valence-corrected chi connectivity index (χ3v) is 7.18. The van der Waals surface area contributed by atoms with Gasteiger partial charge in [0.2, 0.25) is 0 Å². The van der Waals surface area contributed by atoms with Crippen molar-refractivity contribution in [1.82, 2.24) is 9.38 Å². The Morgan fingerprint density at radius 3 is 2.28 bits per heavy atom. The number of thiophene rings is 1. The first-order valence-corrected chi connectivity index (χ1v) is 10.6. The number of rotatable bonds is 1. The Morgan fingerprint density at radius 2 is 1.48 bits per heavy atom. The molecule has 0 unspecified atom stereocenters. The fourth-order valence-electron chi connectivity index (χ4n) is 5.03. The lowest BCUT2D eigenvalue weighted by Crippen LogP contribution is -1.83. The van der Waals surface area contributed by atoms with Crippen molar-refractivity contribution >= 4 is 59.5 Å². The first-order chi connectivity index (χ1) is 14.3. The zero-order valence-corrected chi connectivity index (χ0v) is 16.6. The smallest absolute Gasteiger partial charge is 0.0719 e. The van der Waals surface area contributed by atoms with Crippen molar-refractivity contribution in [3.05, 3.63) is 83.9 Å². The van der Waals surface area contributed by atoms with Crippen LogP contribution in [0.2, 0.25) is 0 Å². The van der Waals surface area contributed by atoms with Gasteiger partial charge in [-0.05, 0) is 37.3 Å². The van der Waals surface area contributed by atoms with Gasteiger partial charge in [0.25, 0.3) is 0 Å². The van der Waals surface area contributed by atoms with Crippen LogP contribution in [0.3, 0.4) is 0 Å². The maximum Gasteiger partial charge on any atom is 0.0719 e. The maximum absolute atomic E-state index is 4.70. The molecule has 0 aliphatic carbocycles. The summed E-state index contributed by atoms with van der Waals surface area (Å²) >= 11 is 1.88. The summed E-state index contributed by atoms with van der Waals surface area (Å²) in [5.41, 5.74) is 6.21. The number of hydrogen-bond acceptors (Lipinski definition) is 2. The number of aromatic nitrogens is 2. The van der Waals surface area contributed by atoms with E-state index < -0.39 is 0 Å². The minimum atomic E-state index is 1.05. The van der Waals surface area contributed by atoms with Crippen LogP contribution in [-0.2, 0) is 0 Å². The molecule has 4 aromatic heterocycles. The zero-order valence-electron chi connectivity index (χ0n) is 15.8. The predicted octanol–water partition coefficient (Wildman–Crippen LogP) is 7.42. The molecule has 7 aromatic rings. The van der Waals surface area contributed by atoms with Crippen molar-refractivity contribution < 1.29 is 0 Å². The van der Waals surface area contributed by atoms with Crippen LogP contribution in [-0.4, -0.2) is 9.38 Å². The van der Waals surface area contributed by atoms with Crippen molar-refractivity contribution in [2.75, 3.05) is 0 Å². The van der Waals surface area contributed by atoms with Crippen molar-refractivity contribution in [2.24, 2.45) is 0 Å². The highest BCUT2D eigenvalue weighted by Crippen LogP contribution is 2.48. The first kappa shape index (κ1) is 15.5. The standard InChI is InChI=1S/C26H16N2S/c1-15-23(19-10-6-7-13-27-19)25-22(29-15)14-18-16-8-2-4-11-20(16)28-21-12-5-3-9-17(21)24(25)26(18)28/h2-14H,1H3. The van der Waals surface area contributed by atoms with Crippen LogP contribution in [0.4, 0.5) is 0 Å². The summed E-state index contributed by atoms with van der Waals surface area (Å²) in [6.45, 7) is 2.22. The van der Waals surface area contributed by atoms with Crippen molar-refractivity contribution in [1.29, 1.82) is 0 Å². The van der Waals surface area contributed by atoms with E-state index in [0.29, 0.717) is 0 Å². The monoisotopic (exact) mass is 388 g/mol. The summed E-state index contributed by atoms with van der Waals surface area (Å²) in [5.74, 6) is 0. The molecule has 29 heavy (non-hydrogen) atoms. The molecule has 0 spiro atoms. The molecule has 0 aliphatic heterocycles. The van der Waals surface area contributed by atoms with Gasteiger partial charge < -0.3 is 4.40 Å². The number of benzene rings is 3. The van der Waals surface area contributed by atoms with Gasteiger partial charge in [-0.25, -0.2) is 0 Å². The SMILES string of the molecule is Cc1sc2cc3c4ccccc4n4c5ccccc5c(c2c1-c1ccccn1)c34. The van der Waals surface area contributed by atoms with Crippen LogP contribution in [0.15, 0.2) is 79.0 Å². The molecule has 7 rings (SSSR count). The molecule has 0 bridgehead atoms. The fourth-order valence-corrected chi connectivity index (χ4v) is 6.16. The number of pyridine rings is 1. The third-order valence-electron chi connectivity index (χ3n) is 6.12. The number of fused-ring (bicyclic) bond motifs is 8. The molecule has 0 saturated heterocycles. The fraction of sp³-hybridized carbons (Fsp3) is 0.0385. The maximum atomic E-state index is 4.70. The number of nitrogens with zero attached hydrogens (tertiary/aromatic N) is 2. The van der Waals surface area contributed by atoms with E-state index in [1.54, 1.807) is 0 Å². The predicted molar refractivity (Wildman–Crippen MR) is 124 cm³/mol. The van der Waals surface area contributed by atoms with E-state index in [1.165, 1.54) is 58.6 Å². The molecule has 2 nitrogen and oxygen atoms in total. The van der Waals surface area contributed by atoms with Crippen molar-refractivity contribution in [2.45, 2.75) is 6.92 Å². The third kappa shape index (κ3) is 1.84. The highest BCUT2D eigenvalue weighted by atomic mass is 32.1. The van der Waals surface area contributed by atoms with Crippen LogP contribution in [0, 0.1) is 6.92 Å². The lowest BCUT2D eigenvalue weighted by atomic mass is 9.99. The van der Waals surface area contributed by atoms with Crippen molar-refractivity contribution in [3.8, 4) is 11.3 Å². The van der Waals surface area contributed by atoms with Gasteiger partial charge in [-0.15, -0.1) is 11.3 Å². The summed E-state index contributed by atoms with van der Waals surface area (Å²) in [4.78, 5) is 6.03. The second-order valence-corrected chi connectivity index (χ2v) is 8.90. The number of aryl methyl sites for hydroxylation is 1. The summed E-state index contributed by atoms with van der Waals surface area (Å²) in [6, 6.07) is 26.1. The lowest BCUT2D eigenvalue weighted by Gasteiger charge is -2.03. The quantitative estimate of drug-likeness (QED) is 0.286. The molecular formula is C26H16N2S. The molecule has 0 N–H and O–H groups in total. The van der Waals surface area contributed by atoms with Crippen LogP contribution < -0.4 is 0 Å². The number of para-hydroxylation sites is 2. The molecule has 0 atom stereocenters. The normalized spacial score (nSPS) is 12.3. The first-order valence-electron chi connectivity index (χ1n) is 9.83. The molecule has 0 amide bonds. The molecule has 4 heterocycles. The Labute approximate surface area is 171 Å². The Morgan fingerprint density at radius 1 is 0.759 bits per heavy atom. The Bertz CT molecular complexity index is 1700. The average molecular weight is 388 g/mol. The minimum absolute atomic E-state index is 1.05. The topological polar surface area (TPSA) is 17.3 Å². The molecule has 3 heteroatoms. The molecule has 136 valence electrons. The Hall–Kier alpha value is -3.43. The summed E-state index contributed by atoms with van der Waals surface area (Å²) < 4.78 is 3.79. The van der Waals surface area contributed by atoms with E-state index in [0.717, 1.165) is 5.69 Å². The van der Waals surface area contributed by atoms with E-state index >= 15 is 0 Å². The van der Waals surface area contributed by atoms with Gasteiger partial charge in [0, 0.05) is 48.3 Å². The van der Waals surface area contributed by atoms with Gasteiger partial charge >= 0.3 is 0 Å². The molecule has 3 aromatic carbocycles. The summed E-state index contributed by atoms with van der Waals surface area (Å²) in [6.07, 6.45) is 1.89. The number of hydrogen-bond donors (Lipinski definition) is 0. The molecule has 0 saturated carbocycles. The van der Waals surface area contributed by atoms with Gasteiger partial charge in [0.05, 0.1) is 22.2 Å². The Kier molecular flexibility index (Phi) is 2.85. The van der Waals surface area contributed by atoms with Gasteiger partial charge in [-0.2, -0.15) is 0 Å². The second-order valence-electron chi connectivity index (χ2n) is 7.64. The van der Waals surface area contributed by atoms with E-state index in [2.05, 4.69) is 78.1 Å². The highest BCUT2D eigenvalue weighted by molar-refractivity contribution is 7.20. The largest absolute Gasteiger partial charge is 0.308 e.